The van der Waals surface area contributed by atoms with Gasteiger partial charge in [-0.1, -0.05) is 0 Å². The average molecular weight is 461 g/mol. The van der Waals surface area contributed by atoms with Crippen LogP contribution in [0.1, 0.15) is 39.0 Å². The minimum Gasteiger partial charge on any atom is -0.481 e. The van der Waals surface area contributed by atoms with E-state index in [0.29, 0.717) is 0 Å². The summed E-state index contributed by atoms with van der Waals surface area (Å²) in [6.45, 7) is 1.20. The van der Waals surface area contributed by atoms with Gasteiger partial charge in [0.25, 0.3) is 0 Å². The summed E-state index contributed by atoms with van der Waals surface area (Å²) in [5.74, 6) is -7.76. The molecule has 4 amide bonds. The van der Waals surface area contributed by atoms with E-state index in [0.717, 1.165) is 0 Å². The number of carbonyl (C=O) groups excluding carboxylic acids is 4. The second-order valence-corrected chi connectivity index (χ2v) is 6.83. The molecule has 4 atom stereocenters. The van der Waals surface area contributed by atoms with Crippen LogP contribution in [0.4, 0.5) is 0 Å². The van der Waals surface area contributed by atoms with Gasteiger partial charge in [-0.3, -0.25) is 28.8 Å². The molecule has 0 aromatic carbocycles. The highest BCUT2D eigenvalue weighted by molar-refractivity contribution is 5.94. The summed E-state index contributed by atoms with van der Waals surface area (Å²) in [5, 5.41) is 32.9. The van der Waals surface area contributed by atoms with Crippen molar-refractivity contribution in [1.29, 1.82) is 0 Å². The van der Waals surface area contributed by atoms with Crippen LogP contribution < -0.4 is 27.4 Å². The largest absolute Gasteiger partial charge is 0.481 e. The molecule has 0 heterocycles. The van der Waals surface area contributed by atoms with Gasteiger partial charge in [0.1, 0.15) is 18.1 Å². The van der Waals surface area contributed by atoms with Gasteiger partial charge in [0, 0.05) is 12.8 Å². The Bertz CT molecular complexity index is 756. The van der Waals surface area contributed by atoms with Crippen molar-refractivity contribution in [2.45, 2.75) is 63.2 Å². The number of hydrogen-bond donors (Lipinski definition) is 8. The first-order valence-corrected chi connectivity index (χ1v) is 9.36. The predicted octanol–water partition coefficient (Wildman–Crippen LogP) is -3.52. The van der Waals surface area contributed by atoms with Crippen LogP contribution in [0.3, 0.4) is 0 Å². The van der Waals surface area contributed by atoms with Crippen molar-refractivity contribution in [2.24, 2.45) is 11.5 Å². The highest BCUT2D eigenvalue weighted by atomic mass is 16.4. The molecule has 180 valence electrons. The van der Waals surface area contributed by atoms with E-state index in [2.05, 4.69) is 16.0 Å². The quantitative estimate of drug-likeness (QED) is 0.118. The van der Waals surface area contributed by atoms with Gasteiger partial charge in [-0.15, -0.1) is 0 Å². The number of nitrogens with two attached hydrogens (primary N) is 2. The Morgan fingerprint density at radius 2 is 1.28 bits per heavy atom. The maximum atomic E-state index is 12.5. The molecule has 4 unspecified atom stereocenters. The van der Waals surface area contributed by atoms with E-state index in [4.69, 9.17) is 26.8 Å². The van der Waals surface area contributed by atoms with Crippen molar-refractivity contribution in [3.05, 3.63) is 0 Å². The Morgan fingerprint density at radius 3 is 1.75 bits per heavy atom. The molecule has 15 nitrogen and oxygen atoms in total. The van der Waals surface area contributed by atoms with E-state index >= 15 is 0 Å². The summed E-state index contributed by atoms with van der Waals surface area (Å²) < 4.78 is 0. The molecule has 0 fully saturated rings. The van der Waals surface area contributed by atoms with Crippen LogP contribution in [0.25, 0.3) is 0 Å². The molecule has 0 rings (SSSR count). The molecule has 15 heteroatoms. The van der Waals surface area contributed by atoms with E-state index in [1.54, 1.807) is 0 Å². The molecule has 0 spiro atoms. The fourth-order valence-electron chi connectivity index (χ4n) is 2.32. The van der Waals surface area contributed by atoms with Crippen molar-refractivity contribution >= 4 is 41.5 Å². The van der Waals surface area contributed by atoms with Crippen LogP contribution >= 0.6 is 0 Å². The minimum atomic E-state index is -1.52. The molecule has 32 heavy (non-hydrogen) atoms. The molecule has 0 radical (unpaired) electrons. The number of carboxylic acids is 3. The molecule has 0 aliphatic rings. The number of carbonyl (C=O) groups is 7. The molecule has 0 aromatic heterocycles. The molecule has 0 saturated carbocycles. The van der Waals surface area contributed by atoms with Gasteiger partial charge in [0.05, 0.1) is 12.5 Å². The number of aliphatic carboxylic acids is 3. The van der Waals surface area contributed by atoms with Crippen LogP contribution in [-0.4, -0.2) is 81.0 Å². The number of rotatable bonds is 15. The molecule has 0 saturated heterocycles. The molecule has 0 aliphatic heterocycles. The van der Waals surface area contributed by atoms with Gasteiger partial charge in [-0.05, 0) is 19.8 Å². The van der Waals surface area contributed by atoms with Gasteiger partial charge in [0.15, 0.2) is 0 Å². The maximum absolute atomic E-state index is 12.5. The highest BCUT2D eigenvalue weighted by Gasteiger charge is 2.29. The standard InChI is InChI=1S/C17H27N5O10/c1-7(14(28)22-10(17(31)32)3-5-12(24)25)20-16(30)9(2-4-11(19)23)21-15(29)8(18)6-13(26)27/h7-10H,2-6,18H2,1H3,(H2,19,23)(H,20,30)(H,21,29)(H,22,28)(H,24,25)(H,26,27)(H,31,32). The van der Waals surface area contributed by atoms with Gasteiger partial charge < -0.3 is 42.7 Å². The average Bonchev–Trinajstić information content (AvgIpc) is 2.66. The number of carboxylic acid groups (broad SMARTS) is 3. The van der Waals surface area contributed by atoms with Crippen LogP contribution in [0.15, 0.2) is 0 Å². The van der Waals surface area contributed by atoms with Gasteiger partial charge >= 0.3 is 17.9 Å². The molecule has 0 bridgehead atoms. The Morgan fingerprint density at radius 1 is 0.750 bits per heavy atom. The third-order valence-electron chi connectivity index (χ3n) is 4.06. The third kappa shape index (κ3) is 11.4. The van der Waals surface area contributed by atoms with Gasteiger partial charge in [0.2, 0.25) is 23.6 Å². The lowest BCUT2D eigenvalue weighted by atomic mass is 10.1. The topological polar surface area (TPSA) is 268 Å². The van der Waals surface area contributed by atoms with Crippen LogP contribution in [0.5, 0.6) is 0 Å². The Hall–Kier alpha value is -3.75. The molecule has 0 aromatic rings. The second kappa shape index (κ2) is 13.5. The zero-order chi connectivity index (χ0) is 25.0. The lowest BCUT2D eigenvalue weighted by molar-refractivity contribution is -0.143. The molecule has 0 aliphatic carbocycles. The summed E-state index contributed by atoms with van der Waals surface area (Å²) >= 11 is 0. The fourth-order valence-corrected chi connectivity index (χ4v) is 2.32. The lowest BCUT2D eigenvalue weighted by Crippen LogP contribution is -2.56. The van der Waals surface area contributed by atoms with E-state index in [1.807, 2.05) is 0 Å². The smallest absolute Gasteiger partial charge is 0.326 e. The summed E-state index contributed by atoms with van der Waals surface area (Å²) in [6.07, 6.45) is -2.24. The minimum absolute atomic E-state index is 0.280. The lowest BCUT2D eigenvalue weighted by Gasteiger charge is -2.23. The number of amides is 4. The van der Waals surface area contributed by atoms with E-state index in [-0.39, 0.29) is 12.8 Å². The van der Waals surface area contributed by atoms with E-state index in [1.165, 1.54) is 6.92 Å². The van der Waals surface area contributed by atoms with Crippen molar-refractivity contribution < 1.29 is 48.9 Å². The summed E-state index contributed by atoms with van der Waals surface area (Å²) in [7, 11) is 0. The molecular formula is C17H27N5O10. The van der Waals surface area contributed by atoms with E-state index < -0.39 is 85.0 Å². The predicted molar refractivity (Wildman–Crippen MR) is 105 cm³/mol. The first kappa shape index (κ1) is 28.2. The third-order valence-corrected chi connectivity index (χ3v) is 4.06. The van der Waals surface area contributed by atoms with Crippen LogP contribution in [0, 0.1) is 0 Å². The summed E-state index contributed by atoms with van der Waals surface area (Å²) in [4.78, 5) is 80.2. The number of hydrogen-bond acceptors (Lipinski definition) is 8. The zero-order valence-corrected chi connectivity index (χ0v) is 17.2. The maximum Gasteiger partial charge on any atom is 0.326 e. The number of primary amides is 1. The second-order valence-electron chi connectivity index (χ2n) is 6.83. The van der Waals surface area contributed by atoms with Crippen molar-refractivity contribution in [1.82, 2.24) is 16.0 Å². The Balaban J connectivity index is 5.14. The van der Waals surface area contributed by atoms with Crippen LogP contribution in [-0.2, 0) is 33.6 Å². The van der Waals surface area contributed by atoms with Gasteiger partial charge in [-0.25, -0.2) is 4.79 Å². The monoisotopic (exact) mass is 461 g/mol. The molecule has 10 N–H and O–H groups in total. The van der Waals surface area contributed by atoms with E-state index in [9.17, 15) is 33.6 Å². The first-order valence-electron chi connectivity index (χ1n) is 9.36. The fraction of sp³-hybridized carbons (Fsp3) is 0.588. The first-order chi connectivity index (χ1) is 14.7. The van der Waals surface area contributed by atoms with Crippen molar-refractivity contribution in [2.75, 3.05) is 0 Å². The zero-order valence-electron chi connectivity index (χ0n) is 17.2. The van der Waals surface area contributed by atoms with Crippen molar-refractivity contribution in [3.8, 4) is 0 Å². The highest BCUT2D eigenvalue weighted by Crippen LogP contribution is 2.02. The SMILES string of the molecule is CC(NC(=O)C(CCC(N)=O)NC(=O)C(N)CC(=O)O)C(=O)NC(CCC(=O)O)C(=O)O. The Labute approximate surface area is 181 Å². The normalized spacial score (nSPS) is 14.2. The van der Waals surface area contributed by atoms with Crippen LogP contribution in [0.2, 0.25) is 0 Å². The van der Waals surface area contributed by atoms with Crippen molar-refractivity contribution in [3.63, 3.8) is 0 Å². The molecular weight excluding hydrogens is 434 g/mol. The Kier molecular flexibility index (Phi) is 11.9. The van der Waals surface area contributed by atoms with Gasteiger partial charge in [-0.2, -0.15) is 0 Å². The summed E-state index contributed by atoms with van der Waals surface area (Å²) in [5.41, 5.74) is 10.5. The summed E-state index contributed by atoms with van der Waals surface area (Å²) in [6, 6.07) is -5.71. The number of nitrogens with one attached hydrogen (secondary N) is 3.